The lowest BCUT2D eigenvalue weighted by molar-refractivity contribution is -0.141. The molecular weight excluding hydrogens is 236 g/mol. The van der Waals surface area contributed by atoms with Crippen LogP contribution in [0.25, 0.3) is 0 Å². The molecule has 3 nitrogen and oxygen atoms in total. The lowest BCUT2D eigenvalue weighted by Gasteiger charge is -1.98. The summed E-state index contributed by atoms with van der Waals surface area (Å²) in [7, 11) is 1.31. The first kappa shape index (κ1) is 12.2. The van der Waals surface area contributed by atoms with Gasteiger partial charge in [0.2, 0.25) is 0 Å². The van der Waals surface area contributed by atoms with Crippen molar-refractivity contribution in [2.24, 2.45) is 0 Å². The van der Waals surface area contributed by atoms with Gasteiger partial charge in [-0.25, -0.2) is 0 Å². The number of ketones is 1. The van der Waals surface area contributed by atoms with Crippen LogP contribution in [0.3, 0.4) is 0 Å². The molecule has 1 aromatic rings. The summed E-state index contributed by atoms with van der Waals surface area (Å²) in [5.74, 6) is -0.327. The van der Waals surface area contributed by atoms with Crippen molar-refractivity contribution >= 4 is 34.7 Å². The Bertz CT molecular complexity index is 359. The third kappa shape index (κ3) is 4.44. The summed E-state index contributed by atoms with van der Waals surface area (Å²) in [6, 6.07) is 3.58. The van der Waals surface area contributed by atoms with E-state index in [2.05, 4.69) is 4.74 Å². The number of ether oxygens (including phenoxy) is 1. The minimum atomic E-state index is -0.354. The molecule has 0 unspecified atom stereocenters. The standard InChI is InChI=1S/C10H11ClO3S/c1-14-10(13)5-2-7(12)6-8-3-4-9(11)15-8/h3-4H,2,5-6H2,1H3. The number of thiophene rings is 1. The van der Waals surface area contributed by atoms with Crippen LogP contribution in [0.2, 0.25) is 4.34 Å². The molecule has 0 aliphatic carbocycles. The predicted octanol–water partition coefficient (Wildman–Crippen LogP) is 2.47. The number of hydrogen-bond acceptors (Lipinski definition) is 4. The van der Waals surface area contributed by atoms with Crippen LogP contribution in [-0.4, -0.2) is 18.9 Å². The second-order valence-electron chi connectivity index (χ2n) is 3.00. The summed E-state index contributed by atoms with van der Waals surface area (Å²) < 4.78 is 5.12. The zero-order valence-corrected chi connectivity index (χ0v) is 9.86. The van der Waals surface area contributed by atoms with Crippen molar-refractivity contribution in [1.29, 1.82) is 0 Å². The Labute approximate surface area is 97.0 Å². The van der Waals surface area contributed by atoms with Gasteiger partial charge >= 0.3 is 5.97 Å². The number of carbonyl (C=O) groups is 2. The van der Waals surface area contributed by atoms with Crippen LogP contribution in [0, 0.1) is 0 Å². The van der Waals surface area contributed by atoms with E-state index in [9.17, 15) is 9.59 Å². The molecule has 0 spiro atoms. The van der Waals surface area contributed by atoms with E-state index in [4.69, 9.17) is 11.6 Å². The van der Waals surface area contributed by atoms with E-state index in [1.807, 2.05) is 6.07 Å². The zero-order chi connectivity index (χ0) is 11.3. The van der Waals surface area contributed by atoms with E-state index in [1.54, 1.807) is 6.07 Å². The molecule has 0 bridgehead atoms. The highest BCUT2D eigenvalue weighted by atomic mass is 35.5. The maximum atomic E-state index is 11.4. The maximum absolute atomic E-state index is 11.4. The molecule has 82 valence electrons. The van der Waals surface area contributed by atoms with Crippen molar-refractivity contribution in [3.63, 3.8) is 0 Å². The zero-order valence-electron chi connectivity index (χ0n) is 8.29. The van der Waals surface area contributed by atoms with Crippen molar-refractivity contribution in [1.82, 2.24) is 0 Å². The van der Waals surface area contributed by atoms with Gasteiger partial charge in [0.15, 0.2) is 0 Å². The van der Waals surface area contributed by atoms with Gasteiger partial charge in [-0.2, -0.15) is 0 Å². The summed E-state index contributed by atoms with van der Waals surface area (Å²) in [5, 5.41) is 0. The number of Topliss-reactive ketones (excluding diaryl/α,β-unsaturated/α-hetero) is 1. The maximum Gasteiger partial charge on any atom is 0.305 e. The summed E-state index contributed by atoms with van der Waals surface area (Å²) in [4.78, 5) is 23.1. The van der Waals surface area contributed by atoms with E-state index in [0.717, 1.165) is 4.88 Å². The lowest BCUT2D eigenvalue weighted by atomic mass is 10.1. The smallest absolute Gasteiger partial charge is 0.305 e. The monoisotopic (exact) mass is 246 g/mol. The Balaban J connectivity index is 2.33. The largest absolute Gasteiger partial charge is 0.469 e. The van der Waals surface area contributed by atoms with Gasteiger partial charge in [0, 0.05) is 17.7 Å². The quantitative estimate of drug-likeness (QED) is 0.750. The van der Waals surface area contributed by atoms with E-state index in [1.165, 1.54) is 18.4 Å². The van der Waals surface area contributed by atoms with E-state index in [-0.39, 0.29) is 24.6 Å². The van der Waals surface area contributed by atoms with Gasteiger partial charge in [-0.05, 0) is 12.1 Å². The molecule has 0 N–H and O–H groups in total. The Morgan fingerprint density at radius 3 is 2.67 bits per heavy atom. The number of carbonyl (C=O) groups excluding carboxylic acids is 2. The molecule has 0 aromatic carbocycles. The first-order valence-corrected chi connectivity index (χ1v) is 5.64. The predicted molar refractivity (Wildman–Crippen MR) is 59.3 cm³/mol. The highest BCUT2D eigenvalue weighted by molar-refractivity contribution is 7.16. The fourth-order valence-electron chi connectivity index (χ4n) is 1.07. The van der Waals surface area contributed by atoms with Gasteiger partial charge in [-0.3, -0.25) is 9.59 Å². The number of halogens is 1. The molecule has 0 radical (unpaired) electrons. The van der Waals surface area contributed by atoms with Gasteiger partial charge in [0.25, 0.3) is 0 Å². The van der Waals surface area contributed by atoms with Crippen LogP contribution in [-0.2, 0) is 20.7 Å². The molecule has 1 rings (SSSR count). The molecule has 5 heteroatoms. The Hall–Kier alpha value is -0.870. The van der Waals surface area contributed by atoms with E-state index >= 15 is 0 Å². The fourth-order valence-corrected chi connectivity index (χ4v) is 2.19. The summed E-state index contributed by atoms with van der Waals surface area (Å²) in [6.07, 6.45) is 0.713. The van der Waals surface area contributed by atoms with E-state index < -0.39 is 0 Å². The van der Waals surface area contributed by atoms with Gasteiger partial charge < -0.3 is 4.74 Å². The van der Waals surface area contributed by atoms with Crippen LogP contribution >= 0.6 is 22.9 Å². The Morgan fingerprint density at radius 1 is 1.40 bits per heavy atom. The molecule has 0 aliphatic rings. The molecule has 0 fully saturated rings. The minimum Gasteiger partial charge on any atom is -0.469 e. The SMILES string of the molecule is COC(=O)CCC(=O)Cc1ccc(Cl)s1. The summed E-state index contributed by atoms with van der Waals surface area (Å²) >= 11 is 7.11. The molecular formula is C10H11ClO3S. The molecule has 0 aliphatic heterocycles. The molecule has 0 saturated carbocycles. The van der Waals surface area contributed by atoms with Crippen molar-refractivity contribution < 1.29 is 14.3 Å². The second-order valence-corrected chi connectivity index (χ2v) is 4.80. The first-order valence-electron chi connectivity index (χ1n) is 4.44. The minimum absolute atomic E-state index is 0.0268. The molecule has 0 amide bonds. The number of methoxy groups -OCH3 is 1. The van der Waals surface area contributed by atoms with Crippen LogP contribution in [0.1, 0.15) is 17.7 Å². The van der Waals surface area contributed by atoms with Crippen molar-refractivity contribution in [2.75, 3.05) is 7.11 Å². The molecule has 0 atom stereocenters. The fraction of sp³-hybridized carbons (Fsp3) is 0.400. The highest BCUT2D eigenvalue weighted by Gasteiger charge is 2.09. The normalized spacial score (nSPS) is 10.0. The average molecular weight is 247 g/mol. The van der Waals surface area contributed by atoms with Gasteiger partial charge in [0.1, 0.15) is 5.78 Å². The third-order valence-corrected chi connectivity index (χ3v) is 3.07. The van der Waals surface area contributed by atoms with E-state index in [0.29, 0.717) is 10.8 Å². The summed E-state index contributed by atoms with van der Waals surface area (Å²) in [6.45, 7) is 0. The Morgan fingerprint density at radius 2 is 2.13 bits per heavy atom. The van der Waals surface area contributed by atoms with Crippen LogP contribution in [0.15, 0.2) is 12.1 Å². The van der Waals surface area contributed by atoms with Gasteiger partial charge in [-0.1, -0.05) is 11.6 Å². The number of hydrogen-bond donors (Lipinski definition) is 0. The van der Waals surface area contributed by atoms with Crippen LogP contribution in [0.4, 0.5) is 0 Å². The topological polar surface area (TPSA) is 43.4 Å². The number of esters is 1. The molecule has 0 saturated heterocycles. The van der Waals surface area contributed by atoms with Crippen LogP contribution in [0.5, 0.6) is 0 Å². The number of rotatable bonds is 5. The van der Waals surface area contributed by atoms with Crippen LogP contribution < -0.4 is 0 Å². The summed E-state index contributed by atoms with van der Waals surface area (Å²) in [5.41, 5.74) is 0. The van der Waals surface area contributed by atoms with Crippen molar-refractivity contribution in [3.8, 4) is 0 Å². The van der Waals surface area contributed by atoms with Crippen molar-refractivity contribution in [3.05, 3.63) is 21.3 Å². The average Bonchev–Trinajstić information content (AvgIpc) is 2.60. The lowest BCUT2D eigenvalue weighted by Crippen LogP contribution is -2.07. The first-order chi connectivity index (χ1) is 7.11. The molecule has 1 aromatic heterocycles. The molecule has 1 heterocycles. The second kappa shape index (κ2) is 5.88. The van der Waals surface area contributed by atoms with Gasteiger partial charge in [-0.15, -0.1) is 11.3 Å². The molecule has 15 heavy (non-hydrogen) atoms. The van der Waals surface area contributed by atoms with Gasteiger partial charge in [0.05, 0.1) is 17.9 Å². The highest BCUT2D eigenvalue weighted by Crippen LogP contribution is 2.22. The third-order valence-electron chi connectivity index (χ3n) is 1.84. The van der Waals surface area contributed by atoms with Crippen molar-refractivity contribution in [2.45, 2.75) is 19.3 Å². The Kier molecular flexibility index (Phi) is 4.78.